The van der Waals surface area contributed by atoms with Gasteiger partial charge in [-0.15, -0.1) is 0 Å². The van der Waals surface area contributed by atoms with Crippen molar-refractivity contribution in [3.05, 3.63) is 35.8 Å². The van der Waals surface area contributed by atoms with E-state index in [9.17, 15) is 17.6 Å². The molecule has 3 rings (SSSR count). The fraction of sp³-hybridized carbons (Fsp3) is 0.357. The van der Waals surface area contributed by atoms with Crippen LogP contribution in [0.2, 0.25) is 0 Å². The molecule has 0 spiro atoms. The molecular formula is C14H15FN2O3S. The van der Waals surface area contributed by atoms with Crippen molar-refractivity contribution in [2.24, 2.45) is 7.05 Å². The van der Waals surface area contributed by atoms with Crippen LogP contribution in [0.1, 0.15) is 23.2 Å². The molecule has 112 valence electrons. The molecule has 1 fully saturated rings. The molecule has 21 heavy (non-hydrogen) atoms. The van der Waals surface area contributed by atoms with Crippen LogP contribution in [0.15, 0.2) is 24.4 Å². The molecule has 0 bridgehead atoms. The molecule has 0 saturated carbocycles. The Bertz CT molecular complexity index is 826. The molecule has 2 heterocycles. The SMILES string of the molecule is Cn1cc(C(=O)N2CCCCS2(=O)=O)c2cc(F)ccc21. The van der Waals surface area contributed by atoms with Gasteiger partial charge in [-0.25, -0.2) is 17.1 Å². The number of fused-ring (bicyclic) bond motifs is 1. The van der Waals surface area contributed by atoms with E-state index in [0.29, 0.717) is 23.7 Å². The summed E-state index contributed by atoms with van der Waals surface area (Å²) in [6, 6.07) is 4.15. The molecule has 7 heteroatoms. The van der Waals surface area contributed by atoms with Crippen molar-refractivity contribution in [3.63, 3.8) is 0 Å². The highest BCUT2D eigenvalue weighted by Crippen LogP contribution is 2.25. The predicted octanol–water partition coefficient (Wildman–Crippen LogP) is 1.88. The number of carbonyl (C=O) groups excluding carboxylic acids is 1. The summed E-state index contributed by atoms with van der Waals surface area (Å²) >= 11 is 0. The molecule has 1 saturated heterocycles. The van der Waals surface area contributed by atoms with E-state index >= 15 is 0 Å². The number of halogens is 1. The Kier molecular flexibility index (Phi) is 3.24. The predicted molar refractivity (Wildman–Crippen MR) is 76.9 cm³/mol. The Labute approximate surface area is 122 Å². The summed E-state index contributed by atoms with van der Waals surface area (Å²) in [7, 11) is -1.82. The molecule has 2 aromatic rings. The van der Waals surface area contributed by atoms with Gasteiger partial charge in [0.25, 0.3) is 5.91 Å². The highest BCUT2D eigenvalue weighted by atomic mass is 32.2. The Morgan fingerprint density at radius 3 is 2.76 bits per heavy atom. The zero-order chi connectivity index (χ0) is 15.2. The second-order valence-electron chi connectivity index (χ2n) is 5.22. The van der Waals surface area contributed by atoms with Gasteiger partial charge in [-0.05, 0) is 31.0 Å². The molecule has 1 aromatic heterocycles. The third kappa shape index (κ3) is 2.31. The zero-order valence-electron chi connectivity index (χ0n) is 11.5. The third-order valence-corrected chi connectivity index (χ3v) is 5.58. The molecule has 0 N–H and O–H groups in total. The fourth-order valence-electron chi connectivity index (χ4n) is 2.69. The normalized spacial score (nSPS) is 18.1. The van der Waals surface area contributed by atoms with Crippen molar-refractivity contribution in [1.29, 1.82) is 0 Å². The number of aromatic nitrogens is 1. The standard InChI is InChI=1S/C14H15FN2O3S/c1-16-9-12(11-8-10(15)4-5-13(11)16)14(18)17-6-2-3-7-21(17,19)20/h4-5,8-9H,2-3,6-7H2,1H3. The average Bonchev–Trinajstić information content (AvgIpc) is 2.74. The Morgan fingerprint density at radius 1 is 1.29 bits per heavy atom. The average molecular weight is 310 g/mol. The van der Waals surface area contributed by atoms with Crippen molar-refractivity contribution in [1.82, 2.24) is 8.87 Å². The lowest BCUT2D eigenvalue weighted by Gasteiger charge is -2.26. The number of benzene rings is 1. The van der Waals surface area contributed by atoms with Crippen molar-refractivity contribution in [2.75, 3.05) is 12.3 Å². The van der Waals surface area contributed by atoms with Crippen molar-refractivity contribution < 1.29 is 17.6 Å². The lowest BCUT2D eigenvalue weighted by Crippen LogP contribution is -2.42. The first kappa shape index (κ1) is 14.1. The number of carbonyl (C=O) groups is 1. The summed E-state index contributed by atoms with van der Waals surface area (Å²) in [6.45, 7) is 0.187. The second-order valence-corrected chi connectivity index (χ2v) is 7.23. The third-order valence-electron chi connectivity index (χ3n) is 3.76. The first-order valence-electron chi connectivity index (χ1n) is 6.69. The van der Waals surface area contributed by atoms with Crippen LogP contribution < -0.4 is 0 Å². The number of sulfonamides is 1. The summed E-state index contributed by atoms with van der Waals surface area (Å²) in [5, 5.41) is 0.434. The molecule has 0 aliphatic carbocycles. The van der Waals surface area contributed by atoms with Gasteiger partial charge in [0.15, 0.2) is 0 Å². The summed E-state index contributed by atoms with van der Waals surface area (Å²) in [5.41, 5.74) is 0.909. The number of aryl methyl sites for hydroxylation is 1. The minimum Gasteiger partial charge on any atom is -0.350 e. The van der Waals surface area contributed by atoms with Gasteiger partial charge in [-0.3, -0.25) is 4.79 Å². The van der Waals surface area contributed by atoms with Crippen molar-refractivity contribution in [2.45, 2.75) is 12.8 Å². The minimum absolute atomic E-state index is 0.0160. The van der Waals surface area contributed by atoms with E-state index in [4.69, 9.17) is 0 Å². The molecule has 5 nitrogen and oxygen atoms in total. The van der Waals surface area contributed by atoms with E-state index in [-0.39, 0.29) is 17.9 Å². The van der Waals surface area contributed by atoms with E-state index < -0.39 is 21.7 Å². The van der Waals surface area contributed by atoms with Gasteiger partial charge < -0.3 is 4.57 Å². The van der Waals surface area contributed by atoms with Gasteiger partial charge in [0.1, 0.15) is 5.82 Å². The van der Waals surface area contributed by atoms with Gasteiger partial charge in [-0.2, -0.15) is 0 Å². The van der Waals surface area contributed by atoms with Crippen LogP contribution in [0.3, 0.4) is 0 Å². The Hall–Kier alpha value is -1.89. The smallest absolute Gasteiger partial charge is 0.269 e. The molecule has 1 amide bonds. The van der Waals surface area contributed by atoms with E-state index in [1.807, 2.05) is 0 Å². The monoisotopic (exact) mass is 310 g/mol. The minimum atomic E-state index is -3.56. The summed E-state index contributed by atoms with van der Waals surface area (Å²) in [6.07, 6.45) is 2.77. The van der Waals surface area contributed by atoms with Crippen LogP contribution in [-0.2, 0) is 17.1 Å². The van der Waals surface area contributed by atoms with E-state index in [1.165, 1.54) is 12.1 Å². The van der Waals surface area contributed by atoms with Crippen LogP contribution in [-0.4, -0.2) is 35.5 Å². The summed E-state index contributed by atoms with van der Waals surface area (Å²) in [5.74, 6) is -1.05. The van der Waals surface area contributed by atoms with Gasteiger partial charge in [0.05, 0.1) is 11.3 Å². The number of amides is 1. The largest absolute Gasteiger partial charge is 0.350 e. The van der Waals surface area contributed by atoms with Gasteiger partial charge in [0.2, 0.25) is 10.0 Å². The Morgan fingerprint density at radius 2 is 2.05 bits per heavy atom. The van der Waals surface area contributed by atoms with Gasteiger partial charge in [-0.1, -0.05) is 0 Å². The Balaban J connectivity index is 2.12. The van der Waals surface area contributed by atoms with Crippen LogP contribution in [0.5, 0.6) is 0 Å². The first-order chi connectivity index (χ1) is 9.90. The van der Waals surface area contributed by atoms with Gasteiger partial charge >= 0.3 is 0 Å². The van der Waals surface area contributed by atoms with Crippen LogP contribution in [0.25, 0.3) is 10.9 Å². The molecule has 1 aromatic carbocycles. The number of hydrogen-bond acceptors (Lipinski definition) is 3. The lowest BCUT2D eigenvalue weighted by atomic mass is 10.1. The molecule has 0 radical (unpaired) electrons. The maximum atomic E-state index is 13.4. The lowest BCUT2D eigenvalue weighted by molar-refractivity contribution is 0.0857. The summed E-state index contributed by atoms with van der Waals surface area (Å²) < 4.78 is 40.1. The molecule has 0 atom stereocenters. The van der Waals surface area contributed by atoms with Crippen LogP contribution >= 0.6 is 0 Å². The van der Waals surface area contributed by atoms with Crippen molar-refractivity contribution >= 4 is 26.8 Å². The zero-order valence-corrected chi connectivity index (χ0v) is 12.4. The second kappa shape index (κ2) is 4.84. The maximum absolute atomic E-state index is 13.4. The highest BCUT2D eigenvalue weighted by molar-refractivity contribution is 7.89. The topological polar surface area (TPSA) is 59.4 Å². The van der Waals surface area contributed by atoms with Crippen LogP contribution in [0, 0.1) is 5.82 Å². The van der Waals surface area contributed by atoms with Crippen LogP contribution in [0.4, 0.5) is 4.39 Å². The summed E-state index contributed by atoms with van der Waals surface area (Å²) in [4.78, 5) is 12.6. The number of hydrogen-bond donors (Lipinski definition) is 0. The number of rotatable bonds is 1. The van der Waals surface area contributed by atoms with E-state index in [1.54, 1.807) is 23.9 Å². The maximum Gasteiger partial charge on any atom is 0.269 e. The quantitative estimate of drug-likeness (QED) is 0.808. The molecule has 1 aliphatic rings. The molecular weight excluding hydrogens is 295 g/mol. The number of nitrogens with zero attached hydrogens (tertiary/aromatic N) is 2. The van der Waals surface area contributed by atoms with Crippen molar-refractivity contribution in [3.8, 4) is 0 Å². The molecule has 0 unspecified atom stereocenters. The first-order valence-corrected chi connectivity index (χ1v) is 8.30. The highest BCUT2D eigenvalue weighted by Gasteiger charge is 2.32. The fourth-order valence-corrected chi connectivity index (χ4v) is 4.23. The van der Waals surface area contributed by atoms with Gasteiger partial charge in [0, 0.05) is 30.7 Å². The van der Waals surface area contributed by atoms with E-state index in [0.717, 1.165) is 4.31 Å². The van der Waals surface area contributed by atoms with E-state index in [2.05, 4.69) is 0 Å². The molecule has 1 aliphatic heterocycles.